The second-order valence-electron chi connectivity index (χ2n) is 6.24. The fourth-order valence-corrected chi connectivity index (χ4v) is 2.71. The summed E-state index contributed by atoms with van der Waals surface area (Å²) in [5.74, 6) is -0.831. The molecular weight excluding hydrogens is 436 g/mol. The molecule has 3 aromatic rings. The molecule has 3 aromatic carbocycles. The Bertz CT molecular complexity index is 1180. The monoisotopic (exact) mass is 450 g/mol. The summed E-state index contributed by atoms with van der Waals surface area (Å²) in [7, 11) is 0. The van der Waals surface area contributed by atoms with Crippen molar-refractivity contribution in [3.8, 4) is 0 Å². The summed E-state index contributed by atoms with van der Waals surface area (Å²) < 4.78 is 0. The molecule has 0 aliphatic carbocycles. The third-order valence-corrected chi connectivity index (χ3v) is 4.18. The van der Waals surface area contributed by atoms with Crippen LogP contribution >= 0.6 is 12.2 Å². The number of amides is 1. The average molecular weight is 450 g/mol. The number of carbonyl (C=O) groups is 1. The number of nitro benzene ring substituents is 2. The Kier molecular flexibility index (Phi) is 6.88. The summed E-state index contributed by atoms with van der Waals surface area (Å²) in [4.78, 5) is 32.6. The summed E-state index contributed by atoms with van der Waals surface area (Å²) in [6.07, 6.45) is 0. The lowest BCUT2D eigenvalue weighted by molar-refractivity contribution is -0.394. The molecule has 0 aliphatic heterocycles. The Balaban J connectivity index is 1.64. The molecule has 0 fully saturated rings. The minimum atomic E-state index is -0.831. The lowest BCUT2D eigenvalue weighted by Crippen LogP contribution is -2.34. The van der Waals surface area contributed by atoms with E-state index in [4.69, 9.17) is 12.2 Å². The second kappa shape index (κ2) is 9.95. The average Bonchev–Trinajstić information content (AvgIpc) is 2.78. The van der Waals surface area contributed by atoms with Gasteiger partial charge in [-0.05, 0) is 48.6 Å². The molecule has 0 radical (unpaired) electrons. The van der Waals surface area contributed by atoms with Gasteiger partial charge in [0.1, 0.15) is 0 Å². The third-order valence-electron chi connectivity index (χ3n) is 3.98. The van der Waals surface area contributed by atoms with E-state index in [1.54, 1.807) is 24.3 Å². The van der Waals surface area contributed by atoms with Gasteiger partial charge in [-0.3, -0.25) is 30.3 Å². The number of azo groups is 1. The Morgan fingerprint density at radius 2 is 1.34 bits per heavy atom. The standard InChI is InChI=1S/C20H14N6O5S/c27-19(13-10-17(25(28)29)12-18(11-13)26(30)31)22-20(32)21-14-6-8-16(9-7-14)24-23-15-4-2-1-3-5-15/h1-12H,(H2,21,22,27,32). The molecule has 32 heavy (non-hydrogen) atoms. The molecule has 0 unspecified atom stereocenters. The van der Waals surface area contributed by atoms with E-state index in [1.165, 1.54) is 0 Å². The molecule has 160 valence electrons. The number of carbonyl (C=O) groups excluding carboxylic acids is 1. The number of non-ortho nitro benzene ring substituents is 2. The van der Waals surface area contributed by atoms with Crippen molar-refractivity contribution in [2.45, 2.75) is 0 Å². The van der Waals surface area contributed by atoms with E-state index in [0.29, 0.717) is 17.1 Å². The molecule has 0 saturated heterocycles. The van der Waals surface area contributed by atoms with E-state index in [1.807, 2.05) is 30.3 Å². The van der Waals surface area contributed by atoms with Crippen LogP contribution in [0.3, 0.4) is 0 Å². The number of nitrogens with one attached hydrogen (secondary N) is 2. The first kappa shape index (κ1) is 22.1. The molecule has 0 atom stereocenters. The topological polar surface area (TPSA) is 152 Å². The molecule has 0 spiro atoms. The van der Waals surface area contributed by atoms with Crippen molar-refractivity contribution in [3.63, 3.8) is 0 Å². The van der Waals surface area contributed by atoms with Crippen LogP contribution in [0.2, 0.25) is 0 Å². The van der Waals surface area contributed by atoms with Crippen molar-refractivity contribution >= 4 is 51.7 Å². The molecule has 0 saturated carbocycles. The molecule has 12 heteroatoms. The maximum Gasteiger partial charge on any atom is 0.277 e. The highest BCUT2D eigenvalue weighted by molar-refractivity contribution is 7.80. The lowest BCUT2D eigenvalue weighted by Gasteiger charge is -2.09. The molecule has 1 amide bonds. The molecule has 2 N–H and O–H groups in total. The zero-order valence-corrected chi connectivity index (χ0v) is 17.0. The first-order valence-corrected chi connectivity index (χ1v) is 9.36. The summed E-state index contributed by atoms with van der Waals surface area (Å²) >= 11 is 5.08. The van der Waals surface area contributed by atoms with Crippen LogP contribution < -0.4 is 10.6 Å². The Labute approximate surface area is 186 Å². The fourth-order valence-electron chi connectivity index (χ4n) is 2.50. The highest BCUT2D eigenvalue weighted by Gasteiger charge is 2.20. The first-order chi connectivity index (χ1) is 15.3. The summed E-state index contributed by atoms with van der Waals surface area (Å²) in [6, 6.07) is 18.5. The van der Waals surface area contributed by atoms with E-state index in [0.717, 1.165) is 18.2 Å². The van der Waals surface area contributed by atoms with Crippen LogP contribution in [0.1, 0.15) is 10.4 Å². The Hall–Kier alpha value is -4.58. The zero-order valence-electron chi connectivity index (χ0n) is 16.2. The molecule has 0 aromatic heterocycles. The van der Waals surface area contributed by atoms with Crippen molar-refractivity contribution < 1.29 is 14.6 Å². The number of nitro groups is 2. The van der Waals surface area contributed by atoms with Gasteiger partial charge < -0.3 is 5.32 Å². The molecule has 3 rings (SSSR count). The normalized spacial score (nSPS) is 10.5. The largest absolute Gasteiger partial charge is 0.332 e. The van der Waals surface area contributed by atoms with Gasteiger partial charge in [-0.15, -0.1) is 0 Å². The minimum Gasteiger partial charge on any atom is -0.332 e. The van der Waals surface area contributed by atoms with Gasteiger partial charge in [0.25, 0.3) is 17.3 Å². The second-order valence-corrected chi connectivity index (χ2v) is 6.65. The SMILES string of the molecule is O=C(NC(=S)Nc1ccc(N=Nc2ccccc2)cc1)c1cc([N+](=O)[O-])cc([N+](=O)[O-])c1. The van der Waals surface area contributed by atoms with Crippen LogP contribution in [0.25, 0.3) is 0 Å². The predicted octanol–water partition coefficient (Wildman–Crippen LogP) is 5.05. The maximum absolute atomic E-state index is 12.4. The van der Waals surface area contributed by atoms with Crippen molar-refractivity contribution in [1.29, 1.82) is 0 Å². The quantitative estimate of drug-likeness (QED) is 0.231. The van der Waals surface area contributed by atoms with E-state index in [9.17, 15) is 25.0 Å². The number of nitrogens with zero attached hydrogens (tertiary/aromatic N) is 4. The number of hydrogen-bond donors (Lipinski definition) is 2. The van der Waals surface area contributed by atoms with Crippen LogP contribution in [0.5, 0.6) is 0 Å². The number of hydrogen-bond acceptors (Lipinski definition) is 8. The van der Waals surface area contributed by atoms with Gasteiger partial charge in [-0.1, -0.05) is 18.2 Å². The van der Waals surface area contributed by atoms with Crippen LogP contribution in [0.4, 0.5) is 28.4 Å². The number of rotatable bonds is 6. The van der Waals surface area contributed by atoms with E-state index in [2.05, 4.69) is 20.9 Å². The van der Waals surface area contributed by atoms with Crippen molar-refractivity contribution in [1.82, 2.24) is 5.32 Å². The summed E-state index contributed by atoms with van der Waals surface area (Å²) in [5, 5.41) is 35.2. The molecule has 0 heterocycles. The summed E-state index contributed by atoms with van der Waals surface area (Å²) in [6.45, 7) is 0. The number of anilines is 1. The molecule has 0 aliphatic rings. The maximum atomic E-state index is 12.4. The lowest BCUT2D eigenvalue weighted by atomic mass is 10.1. The van der Waals surface area contributed by atoms with Gasteiger partial charge in [0.2, 0.25) is 0 Å². The Morgan fingerprint density at radius 1 is 0.812 bits per heavy atom. The smallest absolute Gasteiger partial charge is 0.277 e. The number of benzene rings is 3. The van der Waals surface area contributed by atoms with Crippen LogP contribution in [-0.2, 0) is 0 Å². The van der Waals surface area contributed by atoms with Gasteiger partial charge >= 0.3 is 0 Å². The van der Waals surface area contributed by atoms with Crippen molar-refractivity contribution in [2.24, 2.45) is 10.2 Å². The number of thiocarbonyl (C=S) groups is 1. The van der Waals surface area contributed by atoms with Gasteiger partial charge in [-0.25, -0.2) is 0 Å². The van der Waals surface area contributed by atoms with Crippen LogP contribution in [0, 0.1) is 20.2 Å². The molecule has 0 bridgehead atoms. The predicted molar refractivity (Wildman–Crippen MR) is 120 cm³/mol. The van der Waals surface area contributed by atoms with Crippen molar-refractivity contribution in [3.05, 3.63) is 98.6 Å². The van der Waals surface area contributed by atoms with Crippen molar-refractivity contribution in [2.75, 3.05) is 5.32 Å². The van der Waals surface area contributed by atoms with Crippen LogP contribution in [0.15, 0.2) is 83.0 Å². The molecule has 11 nitrogen and oxygen atoms in total. The first-order valence-electron chi connectivity index (χ1n) is 8.95. The minimum absolute atomic E-state index is 0.0946. The van der Waals surface area contributed by atoms with Gasteiger partial charge in [-0.2, -0.15) is 10.2 Å². The fraction of sp³-hybridized carbons (Fsp3) is 0. The van der Waals surface area contributed by atoms with Gasteiger partial charge in [0.05, 0.1) is 32.9 Å². The van der Waals surface area contributed by atoms with Crippen LogP contribution in [-0.4, -0.2) is 20.9 Å². The Morgan fingerprint density at radius 3 is 1.88 bits per heavy atom. The van der Waals surface area contributed by atoms with E-state index >= 15 is 0 Å². The van der Waals surface area contributed by atoms with Gasteiger partial charge in [0.15, 0.2) is 5.11 Å². The zero-order chi connectivity index (χ0) is 23.1. The molecular formula is C20H14N6O5S. The highest BCUT2D eigenvalue weighted by Crippen LogP contribution is 2.23. The summed E-state index contributed by atoms with van der Waals surface area (Å²) in [5.41, 5.74) is 0.413. The van der Waals surface area contributed by atoms with E-state index in [-0.39, 0.29) is 10.7 Å². The van der Waals surface area contributed by atoms with E-state index < -0.39 is 27.1 Å². The van der Waals surface area contributed by atoms with Gasteiger partial charge in [0, 0.05) is 17.8 Å². The highest BCUT2D eigenvalue weighted by atomic mass is 32.1. The third kappa shape index (κ3) is 5.96.